The zero-order chi connectivity index (χ0) is 15.2. The van der Waals surface area contributed by atoms with Gasteiger partial charge < -0.3 is 0 Å². The molecule has 0 radical (unpaired) electrons. The summed E-state index contributed by atoms with van der Waals surface area (Å²) in [7, 11) is 0. The molecular formula is C17H24FN3. The van der Waals surface area contributed by atoms with Gasteiger partial charge in [0, 0.05) is 32.7 Å². The minimum absolute atomic E-state index is 0.0491. The Labute approximate surface area is 127 Å². The highest BCUT2D eigenvalue weighted by molar-refractivity contribution is 5.26. The molecule has 0 aliphatic carbocycles. The van der Waals surface area contributed by atoms with Gasteiger partial charge in [-0.15, -0.1) is 0 Å². The van der Waals surface area contributed by atoms with Crippen molar-refractivity contribution in [3.8, 4) is 6.07 Å². The molecule has 1 atom stereocenters. The number of hydrogen-bond donors (Lipinski definition) is 0. The highest BCUT2D eigenvalue weighted by Gasteiger charge is 2.23. The fourth-order valence-electron chi connectivity index (χ4n) is 2.89. The van der Waals surface area contributed by atoms with Crippen molar-refractivity contribution in [3.63, 3.8) is 0 Å². The van der Waals surface area contributed by atoms with Crippen molar-refractivity contribution in [2.75, 3.05) is 26.2 Å². The van der Waals surface area contributed by atoms with Gasteiger partial charge in [-0.05, 0) is 36.6 Å². The molecule has 0 aromatic heterocycles. The lowest BCUT2D eigenvalue weighted by atomic mass is 10.1. The Balaban J connectivity index is 1.89. The standard InChI is InChI=1S/C17H24FN3/c1-3-4-17(12-19)21-9-7-20(8-10-21)13-15-11-16(18)6-5-14(15)2/h5-6,11,17H,3-4,7-10,13H2,1-2H3. The van der Waals surface area contributed by atoms with E-state index in [1.165, 1.54) is 6.07 Å². The molecule has 114 valence electrons. The minimum atomic E-state index is -0.165. The second-order valence-electron chi connectivity index (χ2n) is 5.82. The molecule has 0 N–H and O–H groups in total. The number of rotatable bonds is 5. The van der Waals surface area contributed by atoms with Crippen LogP contribution in [0.15, 0.2) is 18.2 Å². The monoisotopic (exact) mass is 289 g/mol. The summed E-state index contributed by atoms with van der Waals surface area (Å²) in [6.45, 7) is 8.67. The number of aryl methyl sites for hydroxylation is 1. The molecular weight excluding hydrogens is 265 g/mol. The van der Waals surface area contributed by atoms with Gasteiger partial charge in [-0.1, -0.05) is 19.4 Å². The SMILES string of the molecule is CCCC(C#N)N1CCN(Cc2cc(F)ccc2C)CC1. The van der Waals surface area contributed by atoms with Crippen LogP contribution >= 0.6 is 0 Å². The topological polar surface area (TPSA) is 30.3 Å². The molecule has 1 heterocycles. The third-order valence-corrected chi connectivity index (χ3v) is 4.26. The normalized spacial score (nSPS) is 18.4. The second kappa shape index (κ2) is 7.53. The first-order valence-corrected chi connectivity index (χ1v) is 7.75. The Morgan fingerprint density at radius 1 is 1.29 bits per heavy atom. The van der Waals surface area contributed by atoms with Crippen LogP contribution in [0.1, 0.15) is 30.9 Å². The zero-order valence-corrected chi connectivity index (χ0v) is 13.0. The molecule has 0 saturated carbocycles. The van der Waals surface area contributed by atoms with Gasteiger partial charge in [-0.25, -0.2) is 4.39 Å². The summed E-state index contributed by atoms with van der Waals surface area (Å²) in [6.07, 6.45) is 1.99. The van der Waals surface area contributed by atoms with Crippen LogP contribution in [0.3, 0.4) is 0 Å². The molecule has 0 amide bonds. The van der Waals surface area contributed by atoms with Crippen LogP contribution in [0.25, 0.3) is 0 Å². The summed E-state index contributed by atoms with van der Waals surface area (Å²) in [6, 6.07) is 7.45. The Bertz CT molecular complexity index is 501. The molecule has 0 bridgehead atoms. The molecule has 1 aromatic rings. The van der Waals surface area contributed by atoms with Gasteiger partial charge in [0.05, 0.1) is 12.1 Å². The van der Waals surface area contributed by atoms with Crippen molar-refractivity contribution in [2.24, 2.45) is 0 Å². The lowest BCUT2D eigenvalue weighted by Crippen LogP contribution is -2.49. The number of nitriles is 1. The van der Waals surface area contributed by atoms with E-state index < -0.39 is 0 Å². The molecule has 1 unspecified atom stereocenters. The summed E-state index contributed by atoms with van der Waals surface area (Å²) >= 11 is 0. The Morgan fingerprint density at radius 3 is 2.62 bits per heavy atom. The molecule has 2 rings (SSSR count). The van der Waals surface area contributed by atoms with E-state index in [0.717, 1.165) is 56.7 Å². The van der Waals surface area contributed by atoms with E-state index in [0.29, 0.717) is 0 Å². The van der Waals surface area contributed by atoms with Crippen LogP contribution in [0, 0.1) is 24.1 Å². The molecule has 1 aromatic carbocycles. The first-order valence-electron chi connectivity index (χ1n) is 7.75. The van der Waals surface area contributed by atoms with Crippen LogP contribution in [-0.4, -0.2) is 42.0 Å². The summed E-state index contributed by atoms with van der Waals surface area (Å²) in [4.78, 5) is 4.62. The molecule has 21 heavy (non-hydrogen) atoms. The summed E-state index contributed by atoms with van der Waals surface area (Å²) < 4.78 is 13.3. The van der Waals surface area contributed by atoms with Crippen LogP contribution in [0.4, 0.5) is 4.39 Å². The van der Waals surface area contributed by atoms with Gasteiger partial charge in [-0.3, -0.25) is 9.80 Å². The summed E-state index contributed by atoms with van der Waals surface area (Å²) in [5.41, 5.74) is 2.20. The molecule has 1 aliphatic rings. The fourth-order valence-corrected chi connectivity index (χ4v) is 2.89. The van der Waals surface area contributed by atoms with Crippen LogP contribution in [0.5, 0.6) is 0 Å². The second-order valence-corrected chi connectivity index (χ2v) is 5.82. The van der Waals surface area contributed by atoms with E-state index in [9.17, 15) is 9.65 Å². The maximum absolute atomic E-state index is 13.3. The predicted octanol–water partition coefficient (Wildman–Crippen LogP) is 2.94. The highest BCUT2D eigenvalue weighted by atomic mass is 19.1. The third-order valence-electron chi connectivity index (χ3n) is 4.26. The Hall–Kier alpha value is -1.44. The minimum Gasteiger partial charge on any atom is -0.297 e. The first-order chi connectivity index (χ1) is 10.1. The van der Waals surface area contributed by atoms with Crippen molar-refractivity contribution in [2.45, 2.75) is 39.3 Å². The number of halogens is 1. The lowest BCUT2D eigenvalue weighted by Gasteiger charge is -2.37. The van der Waals surface area contributed by atoms with Gasteiger partial charge >= 0.3 is 0 Å². The summed E-state index contributed by atoms with van der Waals surface area (Å²) in [5, 5.41) is 9.23. The molecule has 4 heteroatoms. The molecule has 0 spiro atoms. The van der Waals surface area contributed by atoms with Crippen LogP contribution in [-0.2, 0) is 6.54 Å². The van der Waals surface area contributed by atoms with E-state index in [-0.39, 0.29) is 11.9 Å². The zero-order valence-electron chi connectivity index (χ0n) is 13.0. The van der Waals surface area contributed by atoms with E-state index in [1.807, 2.05) is 13.0 Å². The quantitative estimate of drug-likeness (QED) is 0.835. The van der Waals surface area contributed by atoms with Crippen molar-refractivity contribution >= 4 is 0 Å². The average Bonchev–Trinajstić information content (AvgIpc) is 2.49. The number of nitrogens with zero attached hydrogens (tertiary/aromatic N) is 3. The van der Waals surface area contributed by atoms with Gasteiger partial charge in [0.1, 0.15) is 5.82 Å². The molecule has 1 saturated heterocycles. The third kappa shape index (κ3) is 4.26. The van der Waals surface area contributed by atoms with E-state index in [2.05, 4.69) is 22.8 Å². The predicted molar refractivity (Wildman–Crippen MR) is 82.3 cm³/mol. The van der Waals surface area contributed by atoms with Crippen molar-refractivity contribution < 1.29 is 4.39 Å². The molecule has 1 aliphatic heterocycles. The van der Waals surface area contributed by atoms with E-state index >= 15 is 0 Å². The average molecular weight is 289 g/mol. The number of piperazine rings is 1. The van der Waals surface area contributed by atoms with Gasteiger partial charge in [0.2, 0.25) is 0 Å². The smallest absolute Gasteiger partial charge is 0.123 e. The van der Waals surface area contributed by atoms with E-state index in [4.69, 9.17) is 0 Å². The lowest BCUT2D eigenvalue weighted by molar-refractivity contribution is 0.106. The van der Waals surface area contributed by atoms with Gasteiger partial charge in [-0.2, -0.15) is 5.26 Å². The largest absolute Gasteiger partial charge is 0.297 e. The maximum atomic E-state index is 13.3. The van der Waals surface area contributed by atoms with Crippen LogP contribution < -0.4 is 0 Å². The Morgan fingerprint density at radius 2 is 2.00 bits per heavy atom. The Kier molecular flexibility index (Phi) is 5.72. The van der Waals surface area contributed by atoms with Gasteiger partial charge in [0.25, 0.3) is 0 Å². The van der Waals surface area contributed by atoms with Crippen LogP contribution in [0.2, 0.25) is 0 Å². The molecule has 3 nitrogen and oxygen atoms in total. The fraction of sp³-hybridized carbons (Fsp3) is 0.588. The number of hydrogen-bond acceptors (Lipinski definition) is 3. The summed E-state index contributed by atoms with van der Waals surface area (Å²) in [5.74, 6) is -0.165. The number of benzene rings is 1. The van der Waals surface area contributed by atoms with E-state index in [1.54, 1.807) is 6.07 Å². The maximum Gasteiger partial charge on any atom is 0.123 e. The van der Waals surface area contributed by atoms with Crippen molar-refractivity contribution in [3.05, 3.63) is 35.1 Å². The first kappa shape index (κ1) is 15.9. The van der Waals surface area contributed by atoms with Gasteiger partial charge in [0.15, 0.2) is 0 Å². The van der Waals surface area contributed by atoms with Crippen molar-refractivity contribution in [1.82, 2.24) is 9.80 Å². The molecule has 1 fully saturated rings. The highest BCUT2D eigenvalue weighted by Crippen LogP contribution is 2.16. The van der Waals surface area contributed by atoms with Crippen molar-refractivity contribution in [1.29, 1.82) is 5.26 Å².